The van der Waals surface area contributed by atoms with Crippen LogP contribution in [0.3, 0.4) is 0 Å². The van der Waals surface area contributed by atoms with Gasteiger partial charge in [0.2, 0.25) is 0 Å². The normalized spacial score (nSPS) is 15.8. The second-order valence-electron chi connectivity index (χ2n) is 14.7. The van der Waals surface area contributed by atoms with E-state index in [-0.39, 0.29) is 16.2 Å². The first-order valence-electron chi connectivity index (χ1n) is 18.0. The molecule has 0 atom stereocenters. The molecule has 0 unspecified atom stereocenters. The highest BCUT2D eigenvalue weighted by molar-refractivity contribution is 6.04. The van der Waals surface area contributed by atoms with E-state index in [1.807, 2.05) is 27.7 Å². The summed E-state index contributed by atoms with van der Waals surface area (Å²) >= 11 is 0. The monoisotopic (exact) mass is 627 g/mol. The average Bonchev–Trinajstić information content (AvgIpc) is 3.59. The topological polar surface area (TPSA) is 12.0 Å². The van der Waals surface area contributed by atoms with Gasteiger partial charge in [0.1, 0.15) is 0 Å². The fourth-order valence-electron chi connectivity index (χ4n) is 9.01. The van der Waals surface area contributed by atoms with Gasteiger partial charge < -0.3 is 5.32 Å². The summed E-state index contributed by atoms with van der Waals surface area (Å²) in [6, 6.07) is 41.1. The van der Waals surface area contributed by atoms with E-state index in [1.165, 1.54) is 77.5 Å². The van der Waals surface area contributed by atoms with Gasteiger partial charge in [0.05, 0.1) is 0 Å². The first-order valence-corrected chi connectivity index (χ1v) is 18.0. The zero-order valence-electron chi connectivity index (χ0n) is 30.4. The van der Waals surface area contributed by atoms with Crippen LogP contribution in [0, 0.1) is 0 Å². The molecule has 1 N–H and O–H groups in total. The largest absolute Gasteiger partial charge is 0.356 e. The van der Waals surface area contributed by atoms with Gasteiger partial charge in [-0.1, -0.05) is 154 Å². The summed E-state index contributed by atoms with van der Waals surface area (Å²) in [5.41, 5.74) is 19.0. The number of nitrogens with one attached hydrogen (secondary N) is 1. The van der Waals surface area contributed by atoms with Crippen LogP contribution in [0.2, 0.25) is 0 Å². The molecule has 6 aromatic carbocycles. The lowest BCUT2D eigenvalue weighted by atomic mass is 9.72. The number of fused-ring (bicyclic) bond motifs is 12. The Balaban J connectivity index is 0.000000880. The average molecular weight is 628 g/mol. The van der Waals surface area contributed by atoms with Crippen molar-refractivity contribution >= 4 is 22.1 Å². The number of rotatable bonds is 2. The molecule has 0 saturated heterocycles. The van der Waals surface area contributed by atoms with E-state index in [4.69, 9.17) is 0 Å². The van der Waals surface area contributed by atoms with E-state index in [0.29, 0.717) is 0 Å². The van der Waals surface area contributed by atoms with Crippen molar-refractivity contribution in [2.75, 3.05) is 5.32 Å². The van der Waals surface area contributed by atoms with Gasteiger partial charge >= 0.3 is 0 Å². The van der Waals surface area contributed by atoms with Crippen molar-refractivity contribution in [3.05, 3.63) is 143 Å². The Hall–Kier alpha value is -4.62. The lowest BCUT2D eigenvalue weighted by Gasteiger charge is -2.30. The maximum absolute atomic E-state index is 3.80. The van der Waals surface area contributed by atoms with Crippen LogP contribution in [0.25, 0.3) is 44.2 Å². The van der Waals surface area contributed by atoms with Gasteiger partial charge in [0, 0.05) is 27.6 Å². The molecule has 0 saturated carbocycles. The van der Waals surface area contributed by atoms with Crippen LogP contribution < -0.4 is 5.32 Å². The maximum Gasteiger partial charge on any atom is 0.0387 e. The van der Waals surface area contributed by atoms with Gasteiger partial charge in [-0.05, 0) is 102 Å². The fourth-order valence-corrected chi connectivity index (χ4v) is 9.01. The maximum atomic E-state index is 3.80. The molecule has 6 aromatic rings. The Morgan fingerprint density at radius 3 is 1.60 bits per heavy atom. The summed E-state index contributed by atoms with van der Waals surface area (Å²) in [7, 11) is 0. The van der Waals surface area contributed by atoms with Gasteiger partial charge in [0.25, 0.3) is 0 Å². The van der Waals surface area contributed by atoms with Gasteiger partial charge in [-0.25, -0.2) is 0 Å². The van der Waals surface area contributed by atoms with Gasteiger partial charge in [-0.3, -0.25) is 0 Å². The molecule has 48 heavy (non-hydrogen) atoms. The van der Waals surface area contributed by atoms with E-state index < -0.39 is 0 Å². The molecule has 9 rings (SSSR count). The smallest absolute Gasteiger partial charge is 0.0387 e. The van der Waals surface area contributed by atoms with Crippen LogP contribution in [-0.4, -0.2) is 0 Å². The summed E-state index contributed by atoms with van der Waals surface area (Å²) in [5.74, 6) is 0. The zero-order chi connectivity index (χ0) is 34.2. The lowest BCUT2D eigenvalue weighted by Crippen LogP contribution is -2.24. The minimum Gasteiger partial charge on any atom is -0.356 e. The number of hydrogen-bond donors (Lipinski definition) is 1. The Bertz CT molecular complexity index is 2230. The highest BCUT2D eigenvalue weighted by atomic mass is 14.9. The van der Waals surface area contributed by atoms with Crippen LogP contribution in [0.1, 0.15) is 103 Å². The second-order valence-corrected chi connectivity index (χ2v) is 14.7. The third kappa shape index (κ3) is 4.29. The third-order valence-electron chi connectivity index (χ3n) is 11.2. The van der Waals surface area contributed by atoms with E-state index in [0.717, 1.165) is 11.4 Å². The quantitative estimate of drug-likeness (QED) is 0.201. The summed E-state index contributed by atoms with van der Waals surface area (Å²) in [5, 5.41) is 6.47. The van der Waals surface area contributed by atoms with Crippen molar-refractivity contribution in [1.82, 2.24) is 0 Å². The summed E-state index contributed by atoms with van der Waals surface area (Å²) in [6.45, 7) is 22.4. The van der Waals surface area contributed by atoms with Gasteiger partial charge in [-0.2, -0.15) is 0 Å². The molecule has 0 aromatic heterocycles. The van der Waals surface area contributed by atoms with Crippen LogP contribution in [0.4, 0.5) is 11.4 Å². The fraction of sp³-hybridized carbons (Fsp3) is 0.277. The molecule has 1 heteroatoms. The van der Waals surface area contributed by atoms with E-state index in [1.54, 1.807) is 0 Å². The van der Waals surface area contributed by atoms with E-state index >= 15 is 0 Å². The van der Waals surface area contributed by atoms with Crippen molar-refractivity contribution in [2.24, 2.45) is 0 Å². The highest BCUT2D eigenvalue weighted by Crippen LogP contribution is 2.60. The minimum atomic E-state index is -0.121. The number of benzene rings is 6. The second kappa shape index (κ2) is 11.2. The molecule has 3 aliphatic rings. The Labute approximate surface area is 288 Å². The van der Waals surface area contributed by atoms with Crippen molar-refractivity contribution in [3.8, 4) is 33.4 Å². The third-order valence-corrected chi connectivity index (χ3v) is 11.2. The predicted octanol–water partition coefficient (Wildman–Crippen LogP) is 13.6. The van der Waals surface area contributed by atoms with E-state index in [9.17, 15) is 0 Å². The molecule has 242 valence electrons. The molecule has 0 aliphatic heterocycles. The van der Waals surface area contributed by atoms with Crippen LogP contribution in [-0.2, 0) is 16.2 Å². The summed E-state index contributed by atoms with van der Waals surface area (Å²) in [6.07, 6.45) is 0. The molecular formula is C47H49N. The lowest BCUT2D eigenvalue weighted by molar-refractivity contribution is 0.601. The minimum absolute atomic E-state index is 0.0126. The Morgan fingerprint density at radius 2 is 0.896 bits per heavy atom. The van der Waals surface area contributed by atoms with Crippen molar-refractivity contribution < 1.29 is 0 Å². The number of hydrogen-bond acceptors (Lipinski definition) is 1. The Kier molecular flexibility index (Phi) is 7.48. The molecule has 0 amide bonds. The molecule has 1 nitrogen and oxygen atoms in total. The molecule has 0 fully saturated rings. The zero-order valence-corrected chi connectivity index (χ0v) is 30.4. The standard InChI is InChI=1S/C43H37N.2C2H6/c1-41(2)34-14-10-9-13-29(34)30-18-16-26(23-36(30)41)44-27-17-19-31-32-20-21-33-38-28-12-8-7-11-25(28)15-22-35(38)42(3,4)40(33)39(32)43(5,6)37(31)24-27;2*1-2/h7-24,44H,1-6H3;2*1-2H3. The molecule has 3 aliphatic carbocycles. The van der Waals surface area contributed by atoms with Crippen LogP contribution in [0.15, 0.2) is 109 Å². The molecule has 0 bridgehead atoms. The van der Waals surface area contributed by atoms with Crippen LogP contribution in [0.5, 0.6) is 0 Å². The molecular weight excluding hydrogens is 579 g/mol. The van der Waals surface area contributed by atoms with Crippen LogP contribution >= 0.6 is 0 Å². The molecule has 0 heterocycles. The summed E-state index contributed by atoms with van der Waals surface area (Å²) in [4.78, 5) is 0. The number of anilines is 2. The van der Waals surface area contributed by atoms with Crippen molar-refractivity contribution in [2.45, 2.75) is 85.5 Å². The summed E-state index contributed by atoms with van der Waals surface area (Å²) < 4.78 is 0. The Morgan fingerprint density at radius 1 is 0.396 bits per heavy atom. The van der Waals surface area contributed by atoms with Crippen molar-refractivity contribution in [1.29, 1.82) is 0 Å². The molecule has 0 spiro atoms. The molecule has 0 radical (unpaired) electrons. The predicted molar refractivity (Wildman–Crippen MR) is 209 cm³/mol. The SMILES string of the molecule is CC.CC.CC1(C)c2ccccc2-c2ccc(Nc3ccc4c(c3)C(C)(C)c3c-4ccc4c3C(C)(C)c3ccc5ccccc5c3-4)cc21. The van der Waals surface area contributed by atoms with E-state index in [2.05, 4.69) is 156 Å². The first-order chi connectivity index (χ1) is 23.1. The van der Waals surface area contributed by atoms with Crippen molar-refractivity contribution in [3.63, 3.8) is 0 Å². The highest BCUT2D eigenvalue weighted by Gasteiger charge is 2.46. The van der Waals surface area contributed by atoms with Gasteiger partial charge in [0.15, 0.2) is 0 Å². The first kappa shape index (κ1) is 32.0. The van der Waals surface area contributed by atoms with Gasteiger partial charge in [-0.15, -0.1) is 0 Å².